The van der Waals surface area contributed by atoms with Crippen LogP contribution in [0.25, 0.3) is 0 Å². The van der Waals surface area contributed by atoms with Gasteiger partial charge in [-0.1, -0.05) is 87.5 Å². The molecule has 9 rings (SSSR count). The average molecular weight is 955 g/mol. The molecule has 0 bridgehead atoms. The molecule has 12 atom stereocenters. The van der Waals surface area contributed by atoms with Crippen molar-refractivity contribution < 1.29 is 32.3 Å². The highest BCUT2D eigenvalue weighted by Crippen LogP contribution is 2.60. The molecule has 0 aromatic heterocycles. The first kappa shape index (κ1) is 46.8. The Morgan fingerprint density at radius 1 is 0.455 bits per heavy atom. The fourth-order valence-electron chi connectivity index (χ4n) is 10.9. The Kier molecular flexibility index (Phi) is 13.2. The van der Waals surface area contributed by atoms with E-state index in [0.717, 1.165) is 51.3 Å². The molecule has 66 heavy (non-hydrogen) atoms. The third-order valence-corrected chi connectivity index (χ3v) is 15.9. The van der Waals surface area contributed by atoms with Gasteiger partial charge in [0, 0.05) is 57.9 Å². The maximum absolute atomic E-state index is 7.63. The highest BCUT2D eigenvalue weighted by molar-refractivity contribution is 7.11. The molecular weight excluding hydrogens is 895 g/mol. The molecule has 0 aliphatic carbocycles. The normalized spacial score (nSPS) is 23.0. The summed E-state index contributed by atoms with van der Waals surface area (Å²) in [5.74, 6) is 4.18. The van der Waals surface area contributed by atoms with Crippen molar-refractivity contribution in [1.82, 2.24) is 0 Å². The van der Waals surface area contributed by atoms with Crippen LogP contribution in [0.4, 0.5) is 0 Å². The molecule has 0 fully saturated rings. The quantitative estimate of drug-likeness (QED) is 0.106. The SMILES string of the molecule is [B]c1c(OP)cc(OP)c2c1OC(c1ccc(OP)c(OP)c1)C(C)C2c1ccc(C)c2c1OC(c1ccc(C)c(C)c1)C(C)C2c1ccc(C)c2c1OC(c1ccc(C)c(C)c1)C(C)C2. The zero-order valence-corrected chi connectivity index (χ0v) is 43.8. The molecule has 6 aromatic carbocycles. The van der Waals surface area contributed by atoms with Crippen LogP contribution in [-0.4, -0.2) is 7.85 Å². The third-order valence-electron chi connectivity index (χ3n) is 14.9. The van der Waals surface area contributed by atoms with Crippen molar-refractivity contribution in [2.24, 2.45) is 17.8 Å². The predicted octanol–water partition coefficient (Wildman–Crippen LogP) is 13.1. The standard InChI is InChI=1S/C54H59BO7P4/c1-25-10-14-34(20-29(25)5)49-31(7)22-39-27(3)12-17-37(52(39)56-49)45-32(8)50(35-15-11-26(2)30(6)21-35)57-53-38(18-13-28(4)44(45)53)46-33(9)51(36-16-19-40(59-63)41(23-36)60-64)58-54-47(46)42(61-65)24-43(62-66)48(54)55/h10-21,23-24,31-33,45-46,49-51H,22,63-66H2,1-9H3. The molecule has 0 spiro atoms. The van der Waals surface area contributed by atoms with E-state index >= 15 is 0 Å². The number of benzene rings is 6. The van der Waals surface area contributed by atoms with Gasteiger partial charge in [0.15, 0.2) is 11.5 Å². The van der Waals surface area contributed by atoms with Gasteiger partial charge in [-0.3, -0.25) is 0 Å². The highest BCUT2D eigenvalue weighted by Gasteiger charge is 2.47. The van der Waals surface area contributed by atoms with Crippen LogP contribution >= 0.6 is 37.9 Å². The Hall–Kier alpha value is -4.30. The molecule has 6 aromatic rings. The topological polar surface area (TPSA) is 64.6 Å². The molecule has 0 saturated heterocycles. The summed E-state index contributed by atoms with van der Waals surface area (Å²) >= 11 is 0. The zero-order chi connectivity index (χ0) is 46.9. The van der Waals surface area contributed by atoms with E-state index in [0.29, 0.717) is 34.2 Å². The Morgan fingerprint density at radius 3 is 1.53 bits per heavy atom. The second-order valence-corrected chi connectivity index (χ2v) is 19.8. The minimum Gasteiger partial charge on any atom is -0.485 e. The summed E-state index contributed by atoms with van der Waals surface area (Å²) in [5.41, 5.74) is 16.5. The fourth-order valence-corrected chi connectivity index (χ4v) is 11.7. The molecule has 3 aliphatic rings. The Morgan fingerprint density at radius 2 is 0.939 bits per heavy atom. The lowest BCUT2D eigenvalue weighted by molar-refractivity contribution is 0.0934. The van der Waals surface area contributed by atoms with Gasteiger partial charge in [0.05, 0.1) is 37.9 Å². The van der Waals surface area contributed by atoms with Crippen LogP contribution in [0.15, 0.2) is 84.9 Å². The number of rotatable bonds is 9. The van der Waals surface area contributed by atoms with Crippen molar-refractivity contribution >= 4 is 51.2 Å². The summed E-state index contributed by atoms with van der Waals surface area (Å²) in [7, 11) is 16.4. The lowest BCUT2D eigenvalue weighted by Crippen LogP contribution is -2.35. The maximum atomic E-state index is 7.63. The average Bonchev–Trinajstić information content (AvgIpc) is 3.31. The van der Waals surface area contributed by atoms with Gasteiger partial charge in [-0.05, 0) is 121 Å². The monoisotopic (exact) mass is 954 g/mol. The van der Waals surface area contributed by atoms with E-state index in [4.69, 9.17) is 40.2 Å². The van der Waals surface area contributed by atoms with Crippen molar-refractivity contribution in [3.63, 3.8) is 0 Å². The first-order valence-electron chi connectivity index (χ1n) is 22.7. The van der Waals surface area contributed by atoms with Crippen LogP contribution in [0.2, 0.25) is 0 Å². The zero-order valence-electron chi connectivity index (χ0n) is 39.2. The molecular formula is C54H59BO7P4. The molecule has 0 N–H and O–H groups in total. The number of hydrogen-bond acceptors (Lipinski definition) is 7. The minimum atomic E-state index is -0.480. The smallest absolute Gasteiger partial charge is 0.165 e. The van der Waals surface area contributed by atoms with Gasteiger partial charge < -0.3 is 32.3 Å². The van der Waals surface area contributed by atoms with Crippen LogP contribution in [0.1, 0.15) is 129 Å². The van der Waals surface area contributed by atoms with Gasteiger partial charge in [0.25, 0.3) is 0 Å². The molecule has 7 nitrogen and oxygen atoms in total. The molecule has 3 heterocycles. The molecule has 2 radical (unpaired) electrons. The van der Waals surface area contributed by atoms with Crippen LogP contribution in [0, 0.1) is 59.3 Å². The second-order valence-electron chi connectivity index (χ2n) is 18.9. The van der Waals surface area contributed by atoms with Crippen LogP contribution in [0.3, 0.4) is 0 Å². The van der Waals surface area contributed by atoms with Crippen LogP contribution in [0.5, 0.6) is 40.2 Å². The van der Waals surface area contributed by atoms with Crippen molar-refractivity contribution in [1.29, 1.82) is 0 Å². The van der Waals surface area contributed by atoms with Crippen molar-refractivity contribution in [2.45, 2.75) is 98.9 Å². The summed E-state index contributed by atoms with van der Waals surface area (Å²) < 4.78 is 45.2. The van der Waals surface area contributed by atoms with E-state index in [9.17, 15) is 0 Å². The maximum Gasteiger partial charge on any atom is 0.165 e. The van der Waals surface area contributed by atoms with Crippen molar-refractivity contribution in [3.05, 3.63) is 163 Å². The Balaban J connectivity index is 1.29. The van der Waals surface area contributed by atoms with Gasteiger partial charge in [-0.2, -0.15) is 0 Å². The van der Waals surface area contributed by atoms with Gasteiger partial charge in [-0.15, -0.1) is 0 Å². The van der Waals surface area contributed by atoms with Gasteiger partial charge in [-0.25, -0.2) is 0 Å². The first-order valence-corrected chi connectivity index (χ1v) is 24.5. The Labute approximate surface area is 401 Å². The van der Waals surface area contributed by atoms with Crippen molar-refractivity contribution in [3.8, 4) is 40.2 Å². The summed E-state index contributed by atoms with van der Waals surface area (Å²) in [6.45, 7) is 20.0. The lowest BCUT2D eigenvalue weighted by Gasteiger charge is -2.45. The van der Waals surface area contributed by atoms with Gasteiger partial charge in [0.1, 0.15) is 54.9 Å². The number of aryl methyl sites for hydroxylation is 6. The Bertz CT molecular complexity index is 2870. The number of fused-ring (bicyclic) bond motifs is 3. The predicted molar refractivity (Wildman–Crippen MR) is 279 cm³/mol. The molecule has 0 amide bonds. The van der Waals surface area contributed by atoms with E-state index < -0.39 is 6.10 Å². The third kappa shape index (κ3) is 7.97. The second kappa shape index (κ2) is 18.7. The van der Waals surface area contributed by atoms with E-state index in [2.05, 4.69) is 161 Å². The van der Waals surface area contributed by atoms with E-state index in [-0.39, 0.29) is 41.8 Å². The number of hydrogen-bond donors (Lipinski definition) is 0. The lowest BCUT2D eigenvalue weighted by atomic mass is 9.68. The van der Waals surface area contributed by atoms with E-state index in [1.165, 1.54) is 44.5 Å². The summed E-state index contributed by atoms with van der Waals surface area (Å²) in [5, 5.41) is 0. The molecule has 12 unspecified atom stereocenters. The molecule has 3 aliphatic heterocycles. The number of ether oxygens (including phenoxy) is 3. The van der Waals surface area contributed by atoms with Crippen LogP contribution in [-0.2, 0) is 6.42 Å². The molecule has 0 saturated carbocycles. The largest absolute Gasteiger partial charge is 0.485 e. The van der Waals surface area contributed by atoms with E-state index in [1.807, 2.05) is 24.3 Å². The fraction of sp³-hybridized carbons (Fsp3) is 0.333. The van der Waals surface area contributed by atoms with Crippen molar-refractivity contribution in [2.75, 3.05) is 0 Å². The summed E-state index contributed by atoms with van der Waals surface area (Å²) in [6.07, 6.45) is 0.0570. The minimum absolute atomic E-state index is 0.0154. The molecule has 340 valence electrons. The summed E-state index contributed by atoms with van der Waals surface area (Å²) in [4.78, 5) is 0. The molecule has 12 heteroatoms. The van der Waals surface area contributed by atoms with E-state index in [1.54, 1.807) is 0 Å². The summed E-state index contributed by atoms with van der Waals surface area (Å²) in [6, 6.07) is 30.3. The highest BCUT2D eigenvalue weighted by atomic mass is 31.0. The van der Waals surface area contributed by atoms with Gasteiger partial charge >= 0.3 is 0 Å². The van der Waals surface area contributed by atoms with Gasteiger partial charge in [0.2, 0.25) is 0 Å². The first-order chi connectivity index (χ1) is 31.7. The van der Waals surface area contributed by atoms with Crippen LogP contribution < -0.4 is 37.8 Å².